The first-order valence-corrected chi connectivity index (χ1v) is 9.71. The highest BCUT2D eigenvalue weighted by Gasteiger charge is 2.38. The summed E-state index contributed by atoms with van der Waals surface area (Å²) in [6.07, 6.45) is 0.528. The Morgan fingerprint density at radius 1 is 1.04 bits per heavy atom. The standard InChI is InChI=1S/C23H29NO4/c1-17-9-11-18(12-10-17)27-20-8-6-5-7-19(20)23(26)13-15-24(16-14-23)21(25)28-22(2,3)4/h5-12,26H,13-16H2,1-4H3. The number of hydrogen-bond donors (Lipinski definition) is 1. The molecule has 3 rings (SSSR count). The molecule has 0 bridgehead atoms. The van der Waals surface area contributed by atoms with E-state index < -0.39 is 11.2 Å². The van der Waals surface area contributed by atoms with Crippen molar-refractivity contribution in [2.45, 2.75) is 51.7 Å². The zero-order valence-corrected chi connectivity index (χ0v) is 17.1. The molecule has 28 heavy (non-hydrogen) atoms. The van der Waals surface area contributed by atoms with E-state index in [-0.39, 0.29) is 6.09 Å². The fraction of sp³-hybridized carbons (Fsp3) is 0.435. The number of amides is 1. The summed E-state index contributed by atoms with van der Waals surface area (Å²) in [6.45, 7) is 8.45. The Hall–Kier alpha value is -2.53. The van der Waals surface area contributed by atoms with E-state index in [2.05, 4.69) is 0 Å². The maximum Gasteiger partial charge on any atom is 0.410 e. The number of likely N-dealkylation sites (tertiary alicyclic amines) is 1. The number of benzene rings is 2. The third-order valence-electron chi connectivity index (χ3n) is 4.88. The van der Waals surface area contributed by atoms with Crippen LogP contribution in [0.2, 0.25) is 0 Å². The van der Waals surface area contributed by atoms with E-state index in [9.17, 15) is 9.90 Å². The number of aliphatic hydroxyl groups is 1. The number of carbonyl (C=O) groups is 1. The van der Waals surface area contributed by atoms with E-state index in [1.807, 2.05) is 76.2 Å². The highest BCUT2D eigenvalue weighted by molar-refractivity contribution is 5.68. The maximum atomic E-state index is 12.3. The molecule has 1 N–H and O–H groups in total. The number of hydrogen-bond acceptors (Lipinski definition) is 4. The van der Waals surface area contributed by atoms with E-state index in [0.29, 0.717) is 31.7 Å². The van der Waals surface area contributed by atoms with Gasteiger partial charge in [-0.05, 0) is 58.7 Å². The van der Waals surface area contributed by atoms with Gasteiger partial charge in [0.2, 0.25) is 0 Å². The lowest BCUT2D eigenvalue weighted by Gasteiger charge is -2.39. The van der Waals surface area contributed by atoms with E-state index in [1.54, 1.807) is 4.90 Å². The highest BCUT2D eigenvalue weighted by atomic mass is 16.6. The molecule has 1 aliphatic rings. The lowest BCUT2D eigenvalue weighted by atomic mass is 9.84. The Morgan fingerprint density at radius 3 is 2.25 bits per heavy atom. The van der Waals surface area contributed by atoms with Crippen LogP contribution in [0.5, 0.6) is 11.5 Å². The molecule has 1 aliphatic heterocycles. The Kier molecular flexibility index (Phi) is 5.66. The summed E-state index contributed by atoms with van der Waals surface area (Å²) in [6, 6.07) is 15.4. The fourth-order valence-electron chi connectivity index (χ4n) is 3.33. The van der Waals surface area contributed by atoms with E-state index >= 15 is 0 Å². The van der Waals surface area contributed by atoms with E-state index in [4.69, 9.17) is 9.47 Å². The van der Waals surface area contributed by atoms with Crippen molar-refractivity contribution in [3.05, 3.63) is 59.7 Å². The molecule has 0 radical (unpaired) electrons. The monoisotopic (exact) mass is 383 g/mol. The minimum absolute atomic E-state index is 0.334. The van der Waals surface area contributed by atoms with Crippen LogP contribution >= 0.6 is 0 Å². The molecule has 0 spiro atoms. The average Bonchev–Trinajstić information content (AvgIpc) is 2.63. The van der Waals surface area contributed by atoms with Crippen LogP contribution in [0.3, 0.4) is 0 Å². The van der Waals surface area contributed by atoms with E-state index in [1.165, 1.54) is 0 Å². The topological polar surface area (TPSA) is 59.0 Å². The molecule has 1 saturated heterocycles. The Bertz CT molecular complexity index is 815. The van der Waals surface area contributed by atoms with Gasteiger partial charge >= 0.3 is 6.09 Å². The number of carbonyl (C=O) groups excluding carboxylic acids is 1. The van der Waals surface area contributed by atoms with Crippen molar-refractivity contribution >= 4 is 6.09 Å². The third kappa shape index (κ3) is 4.84. The quantitative estimate of drug-likeness (QED) is 0.810. The normalized spacial score (nSPS) is 16.5. The molecule has 5 nitrogen and oxygen atoms in total. The molecule has 1 amide bonds. The Labute approximate surface area is 166 Å². The second-order valence-corrected chi connectivity index (χ2v) is 8.41. The number of ether oxygens (including phenoxy) is 2. The predicted molar refractivity (Wildman–Crippen MR) is 109 cm³/mol. The molecule has 150 valence electrons. The SMILES string of the molecule is Cc1ccc(Oc2ccccc2C2(O)CCN(C(=O)OC(C)(C)C)CC2)cc1. The summed E-state index contributed by atoms with van der Waals surface area (Å²) in [5.74, 6) is 1.37. The van der Waals surface area contributed by atoms with Crippen molar-refractivity contribution in [1.82, 2.24) is 4.90 Å². The number of rotatable bonds is 3. The summed E-state index contributed by atoms with van der Waals surface area (Å²) < 4.78 is 11.5. The van der Waals surface area contributed by atoms with E-state index in [0.717, 1.165) is 16.9 Å². The predicted octanol–water partition coefficient (Wildman–Crippen LogP) is 5.01. The fourth-order valence-corrected chi connectivity index (χ4v) is 3.33. The van der Waals surface area contributed by atoms with Gasteiger partial charge in [0, 0.05) is 18.7 Å². The molecule has 0 aliphatic carbocycles. The van der Waals surface area contributed by atoms with Crippen LogP contribution in [0.15, 0.2) is 48.5 Å². The lowest BCUT2D eigenvalue weighted by molar-refractivity contribution is -0.0365. The minimum atomic E-state index is -1.04. The van der Waals surface area contributed by atoms with Crippen LogP contribution in [0.1, 0.15) is 44.7 Å². The summed E-state index contributed by atoms with van der Waals surface area (Å²) in [5.41, 5.74) is 0.340. The van der Waals surface area contributed by atoms with Gasteiger partial charge in [-0.15, -0.1) is 0 Å². The molecule has 2 aromatic carbocycles. The van der Waals surface area contributed by atoms with Gasteiger partial charge < -0.3 is 19.5 Å². The van der Waals surface area contributed by atoms with Crippen molar-refractivity contribution in [2.24, 2.45) is 0 Å². The summed E-state index contributed by atoms with van der Waals surface area (Å²) in [7, 11) is 0. The van der Waals surface area contributed by atoms with Crippen molar-refractivity contribution in [2.75, 3.05) is 13.1 Å². The van der Waals surface area contributed by atoms with Crippen LogP contribution in [-0.2, 0) is 10.3 Å². The third-order valence-corrected chi connectivity index (χ3v) is 4.88. The van der Waals surface area contributed by atoms with Gasteiger partial charge in [-0.3, -0.25) is 0 Å². The van der Waals surface area contributed by atoms with Gasteiger partial charge in [0.25, 0.3) is 0 Å². The first-order chi connectivity index (χ1) is 13.2. The molecule has 0 atom stereocenters. The number of piperidine rings is 1. The summed E-state index contributed by atoms with van der Waals surface area (Å²) >= 11 is 0. The molecule has 0 unspecified atom stereocenters. The first-order valence-electron chi connectivity index (χ1n) is 9.71. The number of nitrogens with zero attached hydrogens (tertiary/aromatic N) is 1. The van der Waals surface area contributed by atoms with Crippen LogP contribution < -0.4 is 4.74 Å². The number of para-hydroxylation sites is 1. The average molecular weight is 383 g/mol. The second kappa shape index (κ2) is 7.84. The summed E-state index contributed by atoms with van der Waals surface area (Å²) in [5, 5.41) is 11.3. The maximum absolute atomic E-state index is 12.3. The smallest absolute Gasteiger partial charge is 0.410 e. The van der Waals surface area contributed by atoms with Gasteiger partial charge in [-0.25, -0.2) is 4.79 Å². The van der Waals surface area contributed by atoms with Crippen molar-refractivity contribution < 1.29 is 19.4 Å². The number of aryl methyl sites for hydroxylation is 1. The van der Waals surface area contributed by atoms with Gasteiger partial charge in [0.15, 0.2) is 0 Å². The molecule has 1 fully saturated rings. The largest absolute Gasteiger partial charge is 0.457 e. The Balaban J connectivity index is 1.73. The molecule has 2 aromatic rings. The summed E-state index contributed by atoms with van der Waals surface area (Å²) in [4.78, 5) is 14.0. The van der Waals surface area contributed by atoms with Crippen molar-refractivity contribution in [3.8, 4) is 11.5 Å². The van der Waals surface area contributed by atoms with Gasteiger partial charge in [0.05, 0.1) is 5.60 Å². The molecular weight excluding hydrogens is 354 g/mol. The molecule has 0 saturated carbocycles. The van der Waals surface area contributed by atoms with Crippen LogP contribution in [0, 0.1) is 6.92 Å². The second-order valence-electron chi connectivity index (χ2n) is 8.41. The molecule has 5 heteroatoms. The van der Waals surface area contributed by atoms with Crippen molar-refractivity contribution in [1.29, 1.82) is 0 Å². The Morgan fingerprint density at radius 2 is 1.64 bits per heavy atom. The molecular formula is C23H29NO4. The van der Waals surface area contributed by atoms with Crippen molar-refractivity contribution in [3.63, 3.8) is 0 Å². The van der Waals surface area contributed by atoms with Gasteiger partial charge in [0.1, 0.15) is 17.1 Å². The van der Waals surface area contributed by atoms with Gasteiger partial charge in [-0.1, -0.05) is 35.9 Å². The highest BCUT2D eigenvalue weighted by Crippen LogP contribution is 2.39. The van der Waals surface area contributed by atoms with Crippen LogP contribution in [0.4, 0.5) is 4.79 Å². The molecule has 1 heterocycles. The zero-order chi connectivity index (χ0) is 20.4. The van der Waals surface area contributed by atoms with Crippen LogP contribution in [0.25, 0.3) is 0 Å². The first kappa shape index (κ1) is 20.2. The lowest BCUT2D eigenvalue weighted by Crippen LogP contribution is -2.46. The van der Waals surface area contributed by atoms with Gasteiger partial charge in [-0.2, -0.15) is 0 Å². The zero-order valence-electron chi connectivity index (χ0n) is 17.1. The molecule has 0 aromatic heterocycles. The van der Waals surface area contributed by atoms with Crippen LogP contribution in [-0.4, -0.2) is 34.8 Å². The minimum Gasteiger partial charge on any atom is -0.457 e.